The molecule has 3 nitrogen and oxygen atoms in total. The first kappa shape index (κ1) is 14.2. The predicted molar refractivity (Wildman–Crippen MR) is 75.7 cm³/mol. The highest BCUT2D eigenvalue weighted by Gasteiger charge is 2.50. The van der Waals surface area contributed by atoms with Gasteiger partial charge in [-0.25, -0.2) is 0 Å². The summed E-state index contributed by atoms with van der Waals surface area (Å²) in [6.45, 7) is 8.00. The number of carbonyl (C=O) groups is 1. The third-order valence-electron chi connectivity index (χ3n) is 3.88. The lowest BCUT2D eigenvalue weighted by Gasteiger charge is -2.28. The molecule has 0 aromatic heterocycles. The van der Waals surface area contributed by atoms with Crippen LogP contribution in [-0.2, 0) is 9.53 Å². The van der Waals surface area contributed by atoms with Crippen molar-refractivity contribution in [2.24, 2.45) is 11.7 Å². The van der Waals surface area contributed by atoms with E-state index in [1.165, 1.54) is 0 Å². The molecule has 0 spiro atoms. The Kier molecular flexibility index (Phi) is 3.54. The van der Waals surface area contributed by atoms with Crippen molar-refractivity contribution in [2.45, 2.75) is 51.4 Å². The van der Waals surface area contributed by atoms with Crippen LogP contribution in [0.3, 0.4) is 0 Å². The van der Waals surface area contributed by atoms with Crippen LogP contribution in [0.2, 0.25) is 0 Å². The highest BCUT2D eigenvalue weighted by Crippen LogP contribution is 2.43. The molecule has 0 bridgehead atoms. The second-order valence-corrected chi connectivity index (χ2v) is 6.51. The van der Waals surface area contributed by atoms with Crippen molar-refractivity contribution < 1.29 is 9.53 Å². The average Bonchev–Trinajstić information content (AvgIpc) is 2.56. The zero-order valence-electron chi connectivity index (χ0n) is 12.1. The Morgan fingerprint density at radius 2 is 1.84 bits per heavy atom. The van der Waals surface area contributed by atoms with Crippen LogP contribution in [0, 0.1) is 5.92 Å². The molecule has 1 aliphatic rings. The van der Waals surface area contributed by atoms with Crippen LogP contribution in [0.5, 0.6) is 0 Å². The van der Waals surface area contributed by atoms with Gasteiger partial charge in [-0.15, -0.1) is 0 Å². The first-order valence-corrected chi connectivity index (χ1v) is 6.77. The minimum absolute atomic E-state index is 0.0711. The fourth-order valence-corrected chi connectivity index (χ4v) is 3.05. The predicted octanol–water partition coefficient (Wildman–Crippen LogP) is 2.85. The maximum absolute atomic E-state index is 12.6. The third-order valence-corrected chi connectivity index (χ3v) is 3.88. The number of ketones is 1. The Bertz CT molecular complexity index is 465. The fraction of sp³-hybridized carbons (Fsp3) is 0.562. The van der Waals surface area contributed by atoms with Crippen molar-refractivity contribution in [3.8, 4) is 0 Å². The van der Waals surface area contributed by atoms with E-state index in [0.29, 0.717) is 0 Å². The number of benzene rings is 1. The van der Waals surface area contributed by atoms with Gasteiger partial charge < -0.3 is 10.5 Å². The summed E-state index contributed by atoms with van der Waals surface area (Å²) in [5, 5.41) is 0. The summed E-state index contributed by atoms with van der Waals surface area (Å²) in [6, 6.07) is 8.97. The number of hydrogen-bond donors (Lipinski definition) is 1. The molecule has 2 N–H and O–H groups in total. The van der Waals surface area contributed by atoms with Gasteiger partial charge in [0.05, 0.1) is 23.2 Å². The molecule has 1 aromatic carbocycles. The number of rotatable bonds is 3. The molecule has 1 saturated heterocycles. The van der Waals surface area contributed by atoms with Crippen LogP contribution in [-0.4, -0.2) is 17.0 Å². The van der Waals surface area contributed by atoms with Crippen LogP contribution in [0.25, 0.3) is 0 Å². The Labute approximate surface area is 115 Å². The molecular formula is C16H23NO2. The highest BCUT2D eigenvalue weighted by atomic mass is 16.5. The lowest BCUT2D eigenvalue weighted by atomic mass is 9.80. The molecule has 0 saturated carbocycles. The molecule has 1 aliphatic heterocycles. The smallest absolute Gasteiger partial charge is 0.160 e. The Hall–Kier alpha value is -1.19. The summed E-state index contributed by atoms with van der Waals surface area (Å²) in [7, 11) is 0. The molecule has 2 rings (SSSR count). The van der Waals surface area contributed by atoms with Gasteiger partial charge in [0.15, 0.2) is 5.78 Å². The van der Waals surface area contributed by atoms with Gasteiger partial charge in [0.25, 0.3) is 0 Å². The van der Waals surface area contributed by atoms with Gasteiger partial charge >= 0.3 is 0 Å². The molecule has 0 aliphatic carbocycles. The van der Waals surface area contributed by atoms with E-state index in [1.807, 2.05) is 58.0 Å². The molecule has 1 fully saturated rings. The van der Waals surface area contributed by atoms with Crippen molar-refractivity contribution in [1.82, 2.24) is 0 Å². The van der Waals surface area contributed by atoms with E-state index in [1.54, 1.807) is 0 Å². The van der Waals surface area contributed by atoms with E-state index in [9.17, 15) is 4.79 Å². The summed E-state index contributed by atoms with van der Waals surface area (Å²) >= 11 is 0. The van der Waals surface area contributed by atoms with E-state index >= 15 is 0 Å². The van der Waals surface area contributed by atoms with Crippen LogP contribution in [0.4, 0.5) is 0 Å². The lowest BCUT2D eigenvalue weighted by Crippen LogP contribution is -2.38. The topological polar surface area (TPSA) is 52.3 Å². The van der Waals surface area contributed by atoms with Gasteiger partial charge in [-0.05, 0) is 39.7 Å². The molecule has 0 amide bonds. The second-order valence-electron chi connectivity index (χ2n) is 6.51. The lowest BCUT2D eigenvalue weighted by molar-refractivity contribution is -0.130. The molecule has 104 valence electrons. The fourth-order valence-electron chi connectivity index (χ4n) is 3.05. The Morgan fingerprint density at radius 1 is 1.26 bits per heavy atom. The van der Waals surface area contributed by atoms with E-state index < -0.39 is 11.6 Å². The summed E-state index contributed by atoms with van der Waals surface area (Å²) in [5.41, 5.74) is 6.28. The van der Waals surface area contributed by atoms with Crippen molar-refractivity contribution in [2.75, 3.05) is 0 Å². The quantitative estimate of drug-likeness (QED) is 0.910. The first-order valence-electron chi connectivity index (χ1n) is 6.77. The van der Waals surface area contributed by atoms with Gasteiger partial charge in [-0.3, -0.25) is 4.79 Å². The molecule has 0 radical (unpaired) electrons. The number of ether oxygens (including phenoxy) is 1. The molecule has 2 unspecified atom stereocenters. The SMILES string of the molecule is CC1(C)CC(C(=O)C(N)c2ccccc2)C(C)(C)O1. The van der Waals surface area contributed by atoms with Crippen LogP contribution < -0.4 is 5.73 Å². The number of Topliss-reactive ketones (excluding diaryl/α,β-unsaturated/α-hetero) is 1. The van der Waals surface area contributed by atoms with E-state index in [4.69, 9.17) is 10.5 Å². The summed E-state index contributed by atoms with van der Waals surface area (Å²) < 4.78 is 5.98. The van der Waals surface area contributed by atoms with Gasteiger partial charge in [0.1, 0.15) is 0 Å². The van der Waals surface area contributed by atoms with Gasteiger partial charge in [-0.1, -0.05) is 30.3 Å². The maximum Gasteiger partial charge on any atom is 0.160 e. The number of hydrogen-bond acceptors (Lipinski definition) is 3. The van der Waals surface area contributed by atoms with Crippen molar-refractivity contribution >= 4 is 5.78 Å². The summed E-state index contributed by atoms with van der Waals surface area (Å²) in [4.78, 5) is 12.6. The van der Waals surface area contributed by atoms with E-state index in [-0.39, 0.29) is 17.3 Å². The molecular weight excluding hydrogens is 238 g/mol. The third kappa shape index (κ3) is 2.88. The normalized spacial score (nSPS) is 26.1. The van der Waals surface area contributed by atoms with Crippen molar-refractivity contribution in [1.29, 1.82) is 0 Å². The number of carbonyl (C=O) groups excluding carboxylic acids is 1. The van der Waals surface area contributed by atoms with Crippen LogP contribution in [0.15, 0.2) is 30.3 Å². The second kappa shape index (κ2) is 4.73. The monoisotopic (exact) mass is 261 g/mol. The zero-order chi connectivity index (χ0) is 14.3. The maximum atomic E-state index is 12.6. The Balaban J connectivity index is 2.21. The standard InChI is InChI=1S/C16H23NO2/c1-15(2)10-12(16(3,4)19-15)14(18)13(17)11-8-6-5-7-9-11/h5-9,12-13H,10,17H2,1-4H3. The first-order chi connectivity index (χ1) is 8.73. The zero-order valence-corrected chi connectivity index (χ0v) is 12.1. The minimum atomic E-state index is -0.567. The van der Waals surface area contributed by atoms with Crippen molar-refractivity contribution in [3.63, 3.8) is 0 Å². The molecule has 2 atom stereocenters. The van der Waals surface area contributed by atoms with Gasteiger partial charge in [0, 0.05) is 0 Å². The van der Waals surface area contributed by atoms with Gasteiger partial charge in [0.2, 0.25) is 0 Å². The molecule has 3 heteroatoms. The minimum Gasteiger partial charge on any atom is -0.369 e. The highest BCUT2D eigenvalue weighted by molar-refractivity contribution is 5.88. The average molecular weight is 261 g/mol. The Morgan fingerprint density at radius 3 is 2.32 bits per heavy atom. The number of nitrogens with two attached hydrogens (primary N) is 1. The largest absolute Gasteiger partial charge is 0.369 e. The summed E-state index contributed by atoms with van der Waals surface area (Å²) in [6.07, 6.45) is 0.722. The molecule has 1 heterocycles. The molecule has 1 aromatic rings. The van der Waals surface area contributed by atoms with E-state index in [0.717, 1.165) is 12.0 Å². The van der Waals surface area contributed by atoms with Crippen LogP contribution in [0.1, 0.15) is 45.7 Å². The van der Waals surface area contributed by atoms with Crippen molar-refractivity contribution in [3.05, 3.63) is 35.9 Å². The van der Waals surface area contributed by atoms with E-state index in [2.05, 4.69) is 0 Å². The summed E-state index contributed by atoms with van der Waals surface area (Å²) in [5.74, 6) is -0.0838. The molecule has 19 heavy (non-hydrogen) atoms. The van der Waals surface area contributed by atoms with Crippen LogP contribution >= 0.6 is 0 Å². The van der Waals surface area contributed by atoms with Gasteiger partial charge in [-0.2, -0.15) is 0 Å².